The number of phosphoric acid groups is 1. The zero-order valence-electron chi connectivity index (χ0n) is 41.8. The molecular weight excluding hydrogens is 792 g/mol. The van der Waals surface area contributed by atoms with E-state index in [1.807, 2.05) is 21.1 Å². The van der Waals surface area contributed by atoms with Crippen molar-refractivity contribution < 1.29 is 32.9 Å². The van der Waals surface area contributed by atoms with Crippen molar-refractivity contribution in [1.29, 1.82) is 0 Å². The van der Waals surface area contributed by atoms with Crippen LogP contribution in [0, 0.1) is 0 Å². The SMILES string of the molecule is CCCCCCC/C=C\C/C=C\CCCCCCCCCCCCCCCCCCCC(=O)NC(COP(=O)([O-])OCC[N+](C)(C)C)C(O)CCCCCCCCCCCCC. The van der Waals surface area contributed by atoms with Crippen LogP contribution in [0.15, 0.2) is 24.3 Å². The number of quaternary nitrogens is 1. The summed E-state index contributed by atoms with van der Waals surface area (Å²) < 4.78 is 23.3. The Kier molecular flexibility index (Phi) is 44.4. The molecule has 62 heavy (non-hydrogen) atoms. The van der Waals surface area contributed by atoms with Crippen molar-refractivity contribution in [2.24, 2.45) is 0 Å². The third-order valence-corrected chi connectivity index (χ3v) is 13.2. The van der Waals surface area contributed by atoms with E-state index < -0.39 is 20.0 Å². The second-order valence-electron chi connectivity index (χ2n) is 19.6. The lowest BCUT2D eigenvalue weighted by Crippen LogP contribution is -2.46. The number of hydrogen-bond acceptors (Lipinski definition) is 6. The largest absolute Gasteiger partial charge is 0.756 e. The molecule has 0 saturated heterocycles. The maximum Gasteiger partial charge on any atom is 0.268 e. The van der Waals surface area contributed by atoms with Gasteiger partial charge in [0.2, 0.25) is 5.91 Å². The summed E-state index contributed by atoms with van der Waals surface area (Å²) in [6.07, 6.45) is 54.9. The van der Waals surface area contributed by atoms with Crippen LogP contribution in [0.25, 0.3) is 0 Å². The van der Waals surface area contributed by atoms with E-state index in [9.17, 15) is 19.4 Å². The molecule has 0 radical (unpaired) electrons. The average Bonchev–Trinajstić information content (AvgIpc) is 3.23. The monoisotopic (exact) mass is 897 g/mol. The number of hydrogen-bond donors (Lipinski definition) is 2. The molecule has 0 saturated carbocycles. The highest BCUT2D eigenvalue weighted by molar-refractivity contribution is 7.45. The maximum atomic E-state index is 12.9. The fraction of sp³-hybridized carbons (Fsp3) is 0.906. The molecule has 368 valence electrons. The van der Waals surface area contributed by atoms with Gasteiger partial charge in [0.25, 0.3) is 7.82 Å². The Morgan fingerprint density at radius 3 is 1.34 bits per heavy atom. The number of aliphatic hydroxyl groups excluding tert-OH is 1. The quantitative estimate of drug-likeness (QED) is 0.0273. The second kappa shape index (κ2) is 45.1. The number of unbranched alkanes of at least 4 members (excludes halogenated alkanes) is 32. The normalized spacial score (nSPS) is 14.2. The standard InChI is InChI=1S/C53H105N2O6P/c1-6-8-10-12-14-16-18-19-20-21-22-23-24-25-26-27-28-29-30-31-32-33-34-35-37-39-41-43-45-47-53(57)54-51(50-61-62(58,59)60-49-48-55(3,4)5)52(56)46-44-42-40-38-36-17-15-13-11-9-7-2/h18-19,21-22,51-52,56H,6-17,20,23-50H2,1-5H3,(H-,54,57,58,59)/b19-18-,22-21-. The zero-order valence-corrected chi connectivity index (χ0v) is 42.7. The van der Waals surface area contributed by atoms with Gasteiger partial charge < -0.3 is 28.8 Å². The summed E-state index contributed by atoms with van der Waals surface area (Å²) in [4.78, 5) is 25.4. The van der Waals surface area contributed by atoms with Crippen LogP contribution in [-0.4, -0.2) is 68.5 Å². The molecule has 0 bridgehead atoms. The summed E-state index contributed by atoms with van der Waals surface area (Å²) in [5.74, 6) is -0.163. The molecular formula is C53H105N2O6P. The van der Waals surface area contributed by atoms with Gasteiger partial charge in [-0.2, -0.15) is 0 Å². The molecule has 0 fully saturated rings. The van der Waals surface area contributed by atoms with Crippen molar-refractivity contribution in [3.05, 3.63) is 24.3 Å². The van der Waals surface area contributed by atoms with Gasteiger partial charge in [-0.25, -0.2) is 0 Å². The van der Waals surface area contributed by atoms with E-state index in [4.69, 9.17) is 9.05 Å². The lowest BCUT2D eigenvalue weighted by Gasteiger charge is -2.30. The van der Waals surface area contributed by atoms with Crippen LogP contribution >= 0.6 is 7.82 Å². The Balaban J connectivity index is 4.02. The molecule has 2 N–H and O–H groups in total. The van der Waals surface area contributed by atoms with Crippen molar-refractivity contribution in [2.75, 3.05) is 40.9 Å². The third kappa shape index (κ3) is 47.0. The minimum atomic E-state index is -4.56. The first kappa shape index (κ1) is 61.0. The van der Waals surface area contributed by atoms with Gasteiger partial charge >= 0.3 is 0 Å². The van der Waals surface area contributed by atoms with E-state index in [-0.39, 0.29) is 19.1 Å². The average molecular weight is 897 g/mol. The molecule has 8 nitrogen and oxygen atoms in total. The van der Waals surface area contributed by atoms with E-state index in [1.165, 1.54) is 186 Å². The summed E-state index contributed by atoms with van der Waals surface area (Å²) in [7, 11) is 1.31. The predicted octanol–water partition coefficient (Wildman–Crippen LogP) is 15.0. The van der Waals surface area contributed by atoms with Crippen LogP contribution < -0.4 is 10.2 Å². The van der Waals surface area contributed by atoms with Crippen LogP contribution in [0.5, 0.6) is 0 Å². The van der Waals surface area contributed by atoms with Crippen LogP contribution in [0.1, 0.15) is 258 Å². The number of phosphoric ester groups is 1. The lowest BCUT2D eigenvalue weighted by atomic mass is 10.0. The molecule has 0 heterocycles. The highest BCUT2D eigenvalue weighted by atomic mass is 31.2. The minimum absolute atomic E-state index is 0.0139. The van der Waals surface area contributed by atoms with Crippen LogP contribution in [0.3, 0.4) is 0 Å². The molecule has 0 aromatic carbocycles. The molecule has 0 aromatic heterocycles. The number of nitrogens with zero attached hydrogens (tertiary/aromatic N) is 1. The number of allylic oxidation sites excluding steroid dienone is 4. The summed E-state index contributed by atoms with van der Waals surface area (Å²) in [6.45, 7) is 4.72. The van der Waals surface area contributed by atoms with E-state index in [1.54, 1.807) is 0 Å². The smallest absolute Gasteiger partial charge is 0.268 e. The van der Waals surface area contributed by atoms with Crippen LogP contribution in [0.2, 0.25) is 0 Å². The van der Waals surface area contributed by atoms with E-state index in [0.29, 0.717) is 23.9 Å². The first-order chi connectivity index (χ1) is 30.0. The molecule has 0 aromatic rings. The van der Waals surface area contributed by atoms with E-state index in [0.717, 1.165) is 44.9 Å². The molecule has 1 amide bonds. The van der Waals surface area contributed by atoms with Crippen molar-refractivity contribution >= 4 is 13.7 Å². The molecule has 0 rings (SSSR count). The summed E-state index contributed by atoms with van der Waals surface area (Å²) in [5.41, 5.74) is 0. The van der Waals surface area contributed by atoms with Gasteiger partial charge in [0.15, 0.2) is 0 Å². The number of carbonyl (C=O) groups excluding carboxylic acids is 1. The topological polar surface area (TPSA) is 108 Å². The summed E-state index contributed by atoms with van der Waals surface area (Å²) in [6, 6.07) is -0.796. The Bertz CT molecular complexity index is 1060. The summed E-state index contributed by atoms with van der Waals surface area (Å²) in [5, 5.41) is 13.9. The van der Waals surface area contributed by atoms with Crippen molar-refractivity contribution in [3.63, 3.8) is 0 Å². The Hall–Kier alpha value is -1.02. The number of amides is 1. The number of likely N-dealkylation sites (N-methyl/N-ethyl adjacent to an activating group) is 1. The van der Waals surface area contributed by atoms with Crippen molar-refractivity contribution in [1.82, 2.24) is 5.32 Å². The molecule has 0 aliphatic heterocycles. The number of aliphatic hydroxyl groups is 1. The number of carbonyl (C=O) groups is 1. The molecule has 0 aliphatic rings. The first-order valence-electron chi connectivity index (χ1n) is 26.7. The van der Waals surface area contributed by atoms with Gasteiger partial charge in [-0.1, -0.05) is 231 Å². The fourth-order valence-electron chi connectivity index (χ4n) is 7.95. The minimum Gasteiger partial charge on any atom is -0.756 e. The Morgan fingerprint density at radius 1 is 0.565 bits per heavy atom. The second-order valence-corrected chi connectivity index (χ2v) is 21.0. The van der Waals surface area contributed by atoms with Gasteiger partial charge in [0, 0.05) is 6.42 Å². The van der Waals surface area contributed by atoms with Crippen molar-refractivity contribution in [2.45, 2.75) is 270 Å². The van der Waals surface area contributed by atoms with Gasteiger partial charge in [0.1, 0.15) is 13.2 Å². The number of nitrogens with one attached hydrogen (secondary N) is 1. The van der Waals surface area contributed by atoms with E-state index >= 15 is 0 Å². The Morgan fingerprint density at radius 2 is 0.935 bits per heavy atom. The highest BCUT2D eigenvalue weighted by Gasteiger charge is 2.24. The molecule has 0 aliphatic carbocycles. The van der Waals surface area contributed by atoms with Gasteiger partial charge in [-0.3, -0.25) is 9.36 Å². The van der Waals surface area contributed by atoms with E-state index in [2.05, 4.69) is 43.5 Å². The Labute approximate surface area is 385 Å². The molecule has 3 unspecified atom stereocenters. The summed E-state index contributed by atoms with van der Waals surface area (Å²) >= 11 is 0. The molecule has 3 atom stereocenters. The number of rotatable bonds is 49. The van der Waals surface area contributed by atoms with Crippen molar-refractivity contribution in [3.8, 4) is 0 Å². The first-order valence-corrected chi connectivity index (χ1v) is 28.1. The van der Waals surface area contributed by atoms with Crippen LogP contribution in [0.4, 0.5) is 0 Å². The zero-order chi connectivity index (χ0) is 45.7. The van der Waals surface area contributed by atoms with Gasteiger partial charge in [-0.15, -0.1) is 0 Å². The third-order valence-electron chi connectivity index (χ3n) is 12.2. The molecule has 0 spiro atoms. The van der Waals surface area contributed by atoms with Crippen LogP contribution in [-0.2, 0) is 18.4 Å². The van der Waals surface area contributed by atoms with Gasteiger partial charge in [-0.05, 0) is 44.9 Å². The lowest BCUT2D eigenvalue weighted by molar-refractivity contribution is -0.870. The predicted molar refractivity (Wildman–Crippen MR) is 265 cm³/mol. The maximum absolute atomic E-state index is 12.9. The van der Waals surface area contributed by atoms with Gasteiger partial charge in [0.05, 0.1) is 39.9 Å². The fourth-order valence-corrected chi connectivity index (χ4v) is 8.68. The highest BCUT2D eigenvalue weighted by Crippen LogP contribution is 2.38. The molecule has 9 heteroatoms.